The highest BCUT2D eigenvalue weighted by Crippen LogP contribution is 2.31. The van der Waals surface area contributed by atoms with Crippen LogP contribution in [0.4, 0.5) is 4.39 Å². The Kier molecular flexibility index (Phi) is 7.38. The van der Waals surface area contributed by atoms with Gasteiger partial charge in [0.05, 0.1) is 6.54 Å². The molecule has 6 nitrogen and oxygen atoms in total. The molecule has 184 valence electrons. The van der Waals surface area contributed by atoms with Gasteiger partial charge < -0.3 is 14.5 Å². The van der Waals surface area contributed by atoms with Crippen molar-refractivity contribution < 1.29 is 18.3 Å². The summed E-state index contributed by atoms with van der Waals surface area (Å²) in [4.78, 5) is 19.2. The lowest BCUT2D eigenvalue weighted by Gasteiger charge is -2.21. The van der Waals surface area contributed by atoms with Crippen LogP contribution in [0.5, 0.6) is 11.5 Å². The lowest BCUT2D eigenvalue weighted by Crippen LogP contribution is -2.26. The van der Waals surface area contributed by atoms with Gasteiger partial charge in [-0.05, 0) is 66.3 Å². The third kappa shape index (κ3) is 6.79. The minimum absolute atomic E-state index is 0.233. The maximum atomic E-state index is 13.1. The van der Waals surface area contributed by atoms with Crippen molar-refractivity contribution >= 4 is 5.91 Å². The van der Waals surface area contributed by atoms with Crippen molar-refractivity contribution in [2.75, 3.05) is 6.54 Å². The molecule has 0 atom stereocenters. The molecule has 1 heterocycles. The summed E-state index contributed by atoms with van der Waals surface area (Å²) >= 11 is 0. The van der Waals surface area contributed by atoms with Crippen LogP contribution in [0.15, 0.2) is 89.5 Å². The van der Waals surface area contributed by atoms with Gasteiger partial charge in [-0.3, -0.25) is 9.69 Å². The van der Waals surface area contributed by atoms with Crippen molar-refractivity contribution in [3.63, 3.8) is 0 Å². The zero-order valence-corrected chi connectivity index (χ0v) is 19.9. The maximum absolute atomic E-state index is 13.1. The first-order valence-electron chi connectivity index (χ1n) is 12.1. The summed E-state index contributed by atoms with van der Waals surface area (Å²) in [5.41, 5.74) is 2.17. The maximum Gasteiger partial charge on any atom is 0.273 e. The van der Waals surface area contributed by atoms with Crippen molar-refractivity contribution in [1.29, 1.82) is 0 Å². The van der Waals surface area contributed by atoms with E-state index < -0.39 is 0 Å². The Bertz CT molecular complexity index is 1290. The van der Waals surface area contributed by atoms with Gasteiger partial charge in [-0.2, -0.15) is 0 Å². The summed E-state index contributed by atoms with van der Waals surface area (Å²) in [6, 6.07) is 23.8. The number of halogens is 1. The molecule has 1 amide bonds. The molecule has 3 aromatic carbocycles. The molecule has 0 spiro atoms. The van der Waals surface area contributed by atoms with Crippen molar-refractivity contribution in [2.45, 2.75) is 32.5 Å². The first-order valence-corrected chi connectivity index (χ1v) is 12.1. The second-order valence-corrected chi connectivity index (χ2v) is 9.11. The van der Waals surface area contributed by atoms with Crippen molar-refractivity contribution in [2.24, 2.45) is 5.92 Å². The van der Waals surface area contributed by atoms with Crippen LogP contribution >= 0.6 is 0 Å². The Labute approximate surface area is 209 Å². The molecule has 0 aliphatic heterocycles. The number of hydrogen-bond donors (Lipinski definition) is 1. The number of nitrogens with one attached hydrogen (secondary N) is 1. The number of carbonyl (C=O) groups is 1. The number of ether oxygens (including phenoxy) is 1. The second-order valence-electron chi connectivity index (χ2n) is 9.11. The number of aromatic nitrogens is 1. The molecule has 36 heavy (non-hydrogen) atoms. The molecule has 0 saturated heterocycles. The van der Waals surface area contributed by atoms with E-state index in [0.717, 1.165) is 35.7 Å². The highest BCUT2D eigenvalue weighted by atomic mass is 19.1. The SMILES string of the molecule is O=C(NCc1ccc(F)cc1)c1coc(CN(Cc2cccc(Oc3ccccc3)c2)CC2CC2)n1. The summed E-state index contributed by atoms with van der Waals surface area (Å²) in [6.07, 6.45) is 3.85. The Morgan fingerprint density at radius 1 is 0.972 bits per heavy atom. The van der Waals surface area contributed by atoms with Crippen LogP contribution in [0.1, 0.15) is 40.3 Å². The van der Waals surface area contributed by atoms with Gasteiger partial charge in [-0.25, -0.2) is 9.37 Å². The number of para-hydroxylation sites is 1. The molecule has 0 radical (unpaired) electrons. The van der Waals surface area contributed by atoms with E-state index in [1.54, 1.807) is 12.1 Å². The summed E-state index contributed by atoms with van der Waals surface area (Å²) in [5, 5.41) is 2.80. The average Bonchev–Trinajstić information content (AvgIpc) is 3.58. The molecule has 1 saturated carbocycles. The van der Waals surface area contributed by atoms with Gasteiger partial charge in [0, 0.05) is 19.6 Å². The summed E-state index contributed by atoms with van der Waals surface area (Å²) in [7, 11) is 0. The number of oxazole rings is 1. The molecular weight excluding hydrogens is 457 g/mol. The number of benzene rings is 3. The molecule has 0 bridgehead atoms. The third-order valence-electron chi connectivity index (χ3n) is 6.01. The van der Waals surface area contributed by atoms with E-state index in [0.29, 0.717) is 18.4 Å². The van der Waals surface area contributed by atoms with E-state index in [9.17, 15) is 9.18 Å². The van der Waals surface area contributed by atoms with E-state index in [-0.39, 0.29) is 24.0 Å². The average molecular weight is 486 g/mol. The largest absolute Gasteiger partial charge is 0.457 e. The summed E-state index contributed by atoms with van der Waals surface area (Å²) < 4.78 is 24.7. The summed E-state index contributed by atoms with van der Waals surface area (Å²) in [5.74, 6) is 2.14. The van der Waals surface area contributed by atoms with E-state index >= 15 is 0 Å². The van der Waals surface area contributed by atoms with Gasteiger partial charge >= 0.3 is 0 Å². The molecule has 4 aromatic rings. The highest BCUT2D eigenvalue weighted by molar-refractivity contribution is 5.91. The fourth-order valence-electron chi connectivity index (χ4n) is 3.99. The Morgan fingerprint density at radius 3 is 2.53 bits per heavy atom. The van der Waals surface area contributed by atoms with Gasteiger partial charge in [0.15, 0.2) is 5.69 Å². The third-order valence-corrected chi connectivity index (χ3v) is 6.01. The van der Waals surface area contributed by atoms with Crippen LogP contribution in [0.25, 0.3) is 0 Å². The van der Waals surface area contributed by atoms with Crippen LogP contribution < -0.4 is 10.1 Å². The standard InChI is InChI=1S/C29H28FN3O3/c30-24-13-11-21(12-14-24)16-31-29(34)27-20-35-28(32-27)19-33(17-22-9-10-22)18-23-5-4-8-26(15-23)36-25-6-2-1-3-7-25/h1-8,11-15,20,22H,9-10,16-19H2,(H,31,34). The van der Waals surface area contributed by atoms with Crippen molar-refractivity contribution in [3.8, 4) is 11.5 Å². The zero-order valence-electron chi connectivity index (χ0n) is 19.9. The van der Waals surface area contributed by atoms with E-state index in [4.69, 9.17) is 9.15 Å². The zero-order chi connectivity index (χ0) is 24.7. The monoisotopic (exact) mass is 485 g/mol. The van der Waals surface area contributed by atoms with Gasteiger partial charge in [-0.15, -0.1) is 0 Å². The predicted octanol–water partition coefficient (Wildman–Crippen LogP) is 5.95. The molecule has 7 heteroatoms. The Morgan fingerprint density at radius 2 is 1.75 bits per heavy atom. The fourth-order valence-corrected chi connectivity index (χ4v) is 3.99. The van der Waals surface area contributed by atoms with E-state index in [2.05, 4.69) is 27.3 Å². The van der Waals surface area contributed by atoms with Gasteiger partial charge in [0.1, 0.15) is 23.6 Å². The lowest BCUT2D eigenvalue weighted by atomic mass is 10.2. The van der Waals surface area contributed by atoms with Gasteiger partial charge in [-0.1, -0.05) is 42.5 Å². The van der Waals surface area contributed by atoms with E-state index in [1.807, 2.05) is 42.5 Å². The molecule has 0 unspecified atom stereocenters. The molecular formula is C29H28FN3O3. The molecule has 1 N–H and O–H groups in total. The van der Waals surface area contributed by atoms with Crippen LogP contribution in [-0.2, 0) is 19.6 Å². The Balaban J connectivity index is 1.20. The minimum Gasteiger partial charge on any atom is -0.457 e. The second kappa shape index (κ2) is 11.2. The smallest absolute Gasteiger partial charge is 0.273 e. The number of hydrogen-bond acceptors (Lipinski definition) is 5. The van der Waals surface area contributed by atoms with Crippen LogP contribution in [0.2, 0.25) is 0 Å². The van der Waals surface area contributed by atoms with Crippen LogP contribution in [-0.4, -0.2) is 22.3 Å². The highest BCUT2D eigenvalue weighted by Gasteiger charge is 2.25. The first kappa shape index (κ1) is 23.8. The van der Waals surface area contributed by atoms with Gasteiger partial charge in [0.2, 0.25) is 5.89 Å². The van der Waals surface area contributed by atoms with Crippen molar-refractivity contribution in [3.05, 3.63) is 114 Å². The van der Waals surface area contributed by atoms with Crippen LogP contribution in [0, 0.1) is 11.7 Å². The van der Waals surface area contributed by atoms with Crippen LogP contribution in [0.3, 0.4) is 0 Å². The normalized spacial score (nSPS) is 13.1. The topological polar surface area (TPSA) is 67.6 Å². The number of amides is 1. The molecule has 1 fully saturated rings. The molecule has 1 aliphatic carbocycles. The molecule has 1 aliphatic rings. The molecule has 1 aromatic heterocycles. The lowest BCUT2D eigenvalue weighted by molar-refractivity contribution is 0.0945. The van der Waals surface area contributed by atoms with E-state index in [1.165, 1.54) is 31.2 Å². The first-order chi connectivity index (χ1) is 17.6. The number of nitrogens with zero attached hydrogens (tertiary/aromatic N) is 2. The Hall–Kier alpha value is -3.97. The summed E-state index contributed by atoms with van der Waals surface area (Å²) in [6.45, 7) is 2.46. The quantitative estimate of drug-likeness (QED) is 0.284. The van der Waals surface area contributed by atoms with Gasteiger partial charge in [0.25, 0.3) is 5.91 Å². The fraction of sp³-hybridized carbons (Fsp3) is 0.241. The number of carbonyl (C=O) groups excluding carboxylic acids is 1. The predicted molar refractivity (Wildman–Crippen MR) is 134 cm³/mol. The minimum atomic E-state index is -0.325. The van der Waals surface area contributed by atoms with Crippen molar-refractivity contribution in [1.82, 2.24) is 15.2 Å². The molecule has 5 rings (SSSR count). The number of rotatable bonds is 11.